The van der Waals surface area contributed by atoms with E-state index in [1.165, 1.54) is 13.8 Å². The van der Waals surface area contributed by atoms with Crippen molar-refractivity contribution in [3.63, 3.8) is 0 Å². The van der Waals surface area contributed by atoms with Crippen molar-refractivity contribution in [2.75, 3.05) is 0 Å². The van der Waals surface area contributed by atoms with Gasteiger partial charge in [-0.15, -0.1) is 0 Å². The number of carbonyl (C=O) groups excluding carboxylic acids is 4. The maximum absolute atomic E-state index is 12.5. The Hall–Kier alpha value is -1.84. The van der Waals surface area contributed by atoms with Crippen LogP contribution in [0.25, 0.3) is 0 Å². The van der Waals surface area contributed by atoms with E-state index in [-0.39, 0.29) is 59.6 Å². The predicted molar refractivity (Wildman–Crippen MR) is 75.4 cm³/mol. The van der Waals surface area contributed by atoms with Crippen LogP contribution in [0.1, 0.15) is 33.1 Å². The van der Waals surface area contributed by atoms with Crippen LogP contribution >= 0.6 is 0 Å². The van der Waals surface area contributed by atoms with Crippen LogP contribution in [-0.4, -0.2) is 23.1 Å². The van der Waals surface area contributed by atoms with Gasteiger partial charge in [-0.05, 0) is 43.3 Å². The lowest BCUT2D eigenvalue weighted by atomic mass is 9.84. The standard InChI is InChI=1S/C17H18O4/c1-8(18)3-12-6-10-5-11-7-13(4-9(2)19)17(21)15(11)14(10)16(12)20/h6-7,10-11,14-15H,3-5H2,1-2H3. The van der Waals surface area contributed by atoms with Crippen LogP contribution in [-0.2, 0) is 19.2 Å². The third kappa shape index (κ3) is 2.23. The minimum Gasteiger partial charge on any atom is -0.300 e. The quantitative estimate of drug-likeness (QED) is 0.790. The lowest BCUT2D eigenvalue weighted by Gasteiger charge is -2.16. The van der Waals surface area contributed by atoms with Crippen LogP contribution in [0.15, 0.2) is 23.3 Å². The third-order valence-electron chi connectivity index (χ3n) is 4.80. The first-order chi connectivity index (χ1) is 9.88. The highest BCUT2D eigenvalue weighted by molar-refractivity contribution is 6.11. The van der Waals surface area contributed by atoms with Crippen LogP contribution in [0.5, 0.6) is 0 Å². The Morgan fingerprint density at radius 2 is 1.29 bits per heavy atom. The molecular formula is C17H18O4. The maximum atomic E-state index is 12.5. The molecule has 3 aliphatic rings. The minimum absolute atomic E-state index is 0.0285. The Balaban J connectivity index is 1.81. The van der Waals surface area contributed by atoms with Crippen molar-refractivity contribution in [2.45, 2.75) is 33.1 Å². The highest BCUT2D eigenvalue weighted by Crippen LogP contribution is 2.53. The summed E-state index contributed by atoms with van der Waals surface area (Å²) in [5, 5.41) is 0. The van der Waals surface area contributed by atoms with Gasteiger partial charge in [0.25, 0.3) is 0 Å². The average Bonchev–Trinajstić information content (AvgIpc) is 2.93. The van der Waals surface area contributed by atoms with Crippen LogP contribution in [0.3, 0.4) is 0 Å². The summed E-state index contributed by atoms with van der Waals surface area (Å²) in [6, 6.07) is 0. The zero-order valence-electron chi connectivity index (χ0n) is 12.2. The molecule has 0 bridgehead atoms. The van der Waals surface area contributed by atoms with E-state index in [0.29, 0.717) is 11.1 Å². The zero-order valence-corrected chi connectivity index (χ0v) is 12.2. The molecule has 0 aromatic heterocycles. The molecule has 4 heteroatoms. The summed E-state index contributed by atoms with van der Waals surface area (Å²) in [5.74, 6) is -0.572. The molecule has 0 amide bonds. The second-order valence-electron chi connectivity index (χ2n) is 6.48. The van der Waals surface area contributed by atoms with Gasteiger partial charge in [0.15, 0.2) is 11.6 Å². The van der Waals surface area contributed by atoms with E-state index in [1.54, 1.807) is 0 Å². The summed E-state index contributed by atoms with van der Waals surface area (Å²) in [4.78, 5) is 47.4. The zero-order chi connectivity index (χ0) is 15.3. The van der Waals surface area contributed by atoms with Gasteiger partial charge in [0.05, 0.1) is 0 Å². The normalized spacial score (nSPS) is 33.6. The topological polar surface area (TPSA) is 68.3 Å². The molecule has 110 valence electrons. The van der Waals surface area contributed by atoms with E-state index >= 15 is 0 Å². The monoisotopic (exact) mass is 286 g/mol. The molecule has 0 radical (unpaired) electrons. The summed E-state index contributed by atoms with van der Waals surface area (Å²) in [7, 11) is 0. The van der Waals surface area contributed by atoms with Crippen molar-refractivity contribution in [1.29, 1.82) is 0 Å². The Bertz CT molecular complexity index is 569. The Morgan fingerprint density at radius 1 is 0.905 bits per heavy atom. The molecule has 0 aliphatic heterocycles. The SMILES string of the molecule is CC(=O)CC1=CC2CC3C=C(CC(C)=O)C(=O)C3C2C1=O. The Morgan fingerprint density at radius 3 is 1.62 bits per heavy atom. The molecule has 0 N–H and O–H groups in total. The first kappa shape index (κ1) is 14.1. The van der Waals surface area contributed by atoms with Crippen molar-refractivity contribution < 1.29 is 19.2 Å². The molecule has 4 unspecified atom stereocenters. The van der Waals surface area contributed by atoms with Gasteiger partial charge in [-0.1, -0.05) is 12.2 Å². The number of rotatable bonds is 4. The summed E-state index contributed by atoms with van der Waals surface area (Å²) in [5.41, 5.74) is 1.15. The first-order valence-electron chi connectivity index (χ1n) is 7.37. The summed E-state index contributed by atoms with van der Waals surface area (Å²) >= 11 is 0. The molecule has 4 atom stereocenters. The molecule has 1 fully saturated rings. The van der Waals surface area contributed by atoms with Crippen molar-refractivity contribution in [3.05, 3.63) is 23.3 Å². The largest absolute Gasteiger partial charge is 0.300 e. The molecule has 21 heavy (non-hydrogen) atoms. The van der Waals surface area contributed by atoms with E-state index in [4.69, 9.17) is 0 Å². The molecule has 0 aromatic rings. The van der Waals surface area contributed by atoms with E-state index in [1.807, 2.05) is 12.2 Å². The summed E-state index contributed by atoms with van der Waals surface area (Å²) in [6.07, 6.45) is 4.92. The molecule has 0 aromatic carbocycles. The van der Waals surface area contributed by atoms with E-state index in [9.17, 15) is 19.2 Å². The van der Waals surface area contributed by atoms with E-state index in [0.717, 1.165) is 6.42 Å². The van der Waals surface area contributed by atoms with Crippen LogP contribution in [0.2, 0.25) is 0 Å². The van der Waals surface area contributed by atoms with Crippen LogP contribution in [0, 0.1) is 23.7 Å². The van der Waals surface area contributed by atoms with Crippen molar-refractivity contribution >= 4 is 23.1 Å². The fourth-order valence-corrected chi connectivity index (χ4v) is 4.14. The van der Waals surface area contributed by atoms with Gasteiger partial charge >= 0.3 is 0 Å². The van der Waals surface area contributed by atoms with E-state index in [2.05, 4.69) is 0 Å². The lowest BCUT2D eigenvalue weighted by Crippen LogP contribution is -2.27. The average molecular weight is 286 g/mol. The van der Waals surface area contributed by atoms with Crippen molar-refractivity contribution in [3.8, 4) is 0 Å². The van der Waals surface area contributed by atoms with Gasteiger partial charge in [-0.3, -0.25) is 19.2 Å². The number of Topliss-reactive ketones (excluding diaryl/α,β-unsaturated/α-hetero) is 4. The van der Waals surface area contributed by atoms with Gasteiger partial charge in [0.2, 0.25) is 0 Å². The number of ketones is 4. The van der Waals surface area contributed by atoms with E-state index < -0.39 is 0 Å². The fraction of sp³-hybridized carbons (Fsp3) is 0.529. The fourth-order valence-electron chi connectivity index (χ4n) is 4.14. The number of hydrogen-bond acceptors (Lipinski definition) is 4. The highest BCUT2D eigenvalue weighted by atomic mass is 16.1. The van der Waals surface area contributed by atoms with Gasteiger partial charge in [-0.2, -0.15) is 0 Å². The molecule has 0 saturated heterocycles. The molecule has 3 aliphatic carbocycles. The number of fused-ring (bicyclic) bond motifs is 3. The molecule has 0 heterocycles. The number of carbonyl (C=O) groups is 4. The van der Waals surface area contributed by atoms with Crippen molar-refractivity contribution in [2.24, 2.45) is 23.7 Å². The number of hydrogen-bond donors (Lipinski definition) is 0. The smallest absolute Gasteiger partial charge is 0.163 e. The third-order valence-corrected chi connectivity index (χ3v) is 4.80. The maximum Gasteiger partial charge on any atom is 0.163 e. The summed E-state index contributed by atoms with van der Waals surface area (Å²) < 4.78 is 0. The molecule has 4 nitrogen and oxygen atoms in total. The van der Waals surface area contributed by atoms with Crippen LogP contribution in [0.4, 0.5) is 0 Å². The second kappa shape index (κ2) is 4.86. The van der Waals surface area contributed by atoms with Gasteiger partial charge in [0, 0.05) is 24.7 Å². The van der Waals surface area contributed by atoms with Gasteiger partial charge in [-0.25, -0.2) is 0 Å². The Kier molecular flexibility index (Phi) is 3.27. The molecule has 0 spiro atoms. The first-order valence-corrected chi connectivity index (χ1v) is 7.37. The number of allylic oxidation sites excluding steroid dienone is 4. The molecule has 1 saturated carbocycles. The second-order valence-corrected chi connectivity index (χ2v) is 6.48. The Labute approximate surface area is 123 Å². The predicted octanol–water partition coefficient (Wildman–Crippen LogP) is 1.83. The van der Waals surface area contributed by atoms with Gasteiger partial charge < -0.3 is 0 Å². The minimum atomic E-state index is -0.308. The van der Waals surface area contributed by atoms with Gasteiger partial charge in [0.1, 0.15) is 11.6 Å². The summed E-state index contributed by atoms with van der Waals surface area (Å²) in [6.45, 7) is 2.94. The lowest BCUT2D eigenvalue weighted by molar-refractivity contribution is -0.128. The highest BCUT2D eigenvalue weighted by Gasteiger charge is 2.55. The molecular weight excluding hydrogens is 268 g/mol. The van der Waals surface area contributed by atoms with Crippen molar-refractivity contribution in [1.82, 2.24) is 0 Å². The molecule has 3 rings (SSSR count). The van der Waals surface area contributed by atoms with Crippen LogP contribution < -0.4 is 0 Å².